The molecule has 0 saturated heterocycles. The summed E-state index contributed by atoms with van der Waals surface area (Å²) < 4.78 is 69.6. The number of hydrogen-bond acceptors (Lipinski definition) is 15. The molecule has 3 amide bonds. The molecule has 0 aliphatic carbocycles. The van der Waals surface area contributed by atoms with Crippen LogP contribution >= 0.6 is 0 Å². The fourth-order valence-corrected chi connectivity index (χ4v) is 14.0. The first-order valence-corrected chi connectivity index (χ1v) is 27.3. The molecule has 0 spiro atoms. The van der Waals surface area contributed by atoms with Crippen LogP contribution in [-0.2, 0) is 73.9 Å². The molecule has 0 atom stereocenters. The number of hydrogen-bond donors (Lipinski definition) is 3. The summed E-state index contributed by atoms with van der Waals surface area (Å²) in [6.07, 6.45) is -0.118. The van der Waals surface area contributed by atoms with E-state index in [1.54, 1.807) is 18.2 Å². The average molecular weight is 910 g/mol. The van der Waals surface area contributed by atoms with E-state index in [4.69, 9.17) is 54.0 Å². The topological polar surface area (TPSA) is 198 Å². The summed E-state index contributed by atoms with van der Waals surface area (Å²) in [6, 6.07) is 6.90. The lowest BCUT2D eigenvalue weighted by atomic mass is 10.1. The third-order valence-corrected chi connectivity index (χ3v) is 17.7. The summed E-state index contributed by atoms with van der Waals surface area (Å²) in [5.41, 5.74) is 1.82. The monoisotopic (exact) mass is 909 g/mol. The van der Waals surface area contributed by atoms with Crippen LogP contribution in [0.15, 0.2) is 18.2 Å². The smallest absolute Gasteiger partial charge is 0.445 e. The molecule has 60 heavy (non-hydrogen) atoms. The fourth-order valence-electron chi connectivity index (χ4n) is 6.18. The lowest BCUT2D eigenvalue weighted by molar-refractivity contribution is 0.0699. The van der Waals surface area contributed by atoms with Gasteiger partial charge in [0.2, 0.25) is 0 Å². The highest BCUT2D eigenvalue weighted by Gasteiger charge is 2.41. The first-order chi connectivity index (χ1) is 29.0. The summed E-state index contributed by atoms with van der Waals surface area (Å²) in [4.78, 5) is 38.1. The molecule has 0 saturated carbocycles. The molecule has 0 fully saturated rings. The first kappa shape index (κ1) is 55.3. The Balaban J connectivity index is 2.92. The zero-order valence-electron chi connectivity index (χ0n) is 37.7. The van der Waals surface area contributed by atoms with Crippen molar-refractivity contribution in [2.24, 2.45) is 0 Å². The number of alkyl carbamates (subject to hydrolysis) is 3. The molecule has 1 aromatic carbocycles. The van der Waals surface area contributed by atoms with Gasteiger partial charge in [0.15, 0.2) is 0 Å². The van der Waals surface area contributed by atoms with Crippen molar-refractivity contribution in [1.29, 1.82) is 0 Å². The Morgan fingerprint density at radius 1 is 0.383 bits per heavy atom. The van der Waals surface area contributed by atoms with Crippen LogP contribution in [-0.4, -0.2) is 124 Å². The van der Waals surface area contributed by atoms with Crippen molar-refractivity contribution in [3.05, 3.63) is 34.9 Å². The Hall–Kier alpha value is -2.68. The molecule has 18 nitrogen and oxygen atoms in total. The Bertz CT molecular complexity index is 1110. The molecule has 0 radical (unpaired) electrons. The van der Waals surface area contributed by atoms with Gasteiger partial charge in [0, 0.05) is 97.2 Å². The van der Waals surface area contributed by atoms with Gasteiger partial charge < -0.3 is 70.0 Å². The van der Waals surface area contributed by atoms with Gasteiger partial charge in [-0.1, -0.05) is 0 Å². The second-order valence-corrected chi connectivity index (χ2v) is 21.1. The maximum atomic E-state index is 12.7. The lowest BCUT2D eigenvalue weighted by Gasteiger charge is -2.28. The Morgan fingerprint density at radius 2 is 0.583 bits per heavy atom. The largest absolute Gasteiger partial charge is 0.500 e. The zero-order chi connectivity index (χ0) is 44.5. The predicted octanol–water partition coefficient (Wildman–Crippen LogP) is 6.68. The predicted molar refractivity (Wildman–Crippen MR) is 231 cm³/mol. The van der Waals surface area contributed by atoms with Gasteiger partial charge in [-0.05, 0) is 116 Å². The van der Waals surface area contributed by atoms with E-state index in [-0.39, 0.29) is 19.8 Å². The Kier molecular flexibility index (Phi) is 30.4. The number of carbonyl (C=O) groups is 3. The van der Waals surface area contributed by atoms with Crippen molar-refractivity contribution >= 4 is 44.7 Å². The first-order valence-electron chi connectivity index (χ1n) is 21.6. The molecule has 0 unspecified atom stereocenters. The lowest BCUT2D eigenvalue weighted by Crippen LogP contribution is -2.46. The van der Waals surface area contributed by atoms with Gasteiger partial charge in [0.25, 0.3) is 0 Å². The van der Waals surface area contributed by atoms with Crippen LogP contribution in [0.5, 0.6) is 0 Å². The summed E-state index contributed by atoms with van der Waals surface area (Å²) in [6.45, 7) is 22.0. The minimum absolute atomic E-state index is 0.0865. The molecule has 0 aromatic heterocycles. The molecular weight excluding hydrogens is 835 g/mol. The van der Waals surface area contributed by atoms with E-state index in [0.717, 1.165) is 0 Å². The number of ether oxygens (including phenoxy) is 3. The van der Waals surface area contributed by atoms with Gasteiger partial charge in [0.05, 0.1) is 0 Å². The second-order valence-electron chi connectivity index (χ2n) is 12.9. The zero-order valence-corrected chi connectivity index (χ0v) is 40.7. The van der Waals surface area contributed by atoms with Crippen molar-refractivity contribution in [2.75, 3.05) is 79.1 Å². The highest BCUT2D eigenvalue weighted by molar-refractivity contribution is 6.61. The van der Waals surface area contributed by atoms with E-state index in [2.05, 4.69) is 16.0 Å². The van der Waals surface area contributed by atoms with Crippen LogP contribution in [0.2, 0.25) is 18.1 Å². The van der Waals surface area contributed by atoms with Crippen LogP contribution in [0.3, 0.4) is 0 Å². The van der Waals surface area contributed by atoms with E-state index in [1.807, 2.05) is 62.3 Å². The Labute approximate surface area is 361 Å². The number of rotatable bonds is 36. The summed E-state index contributed by atoms with van der Waals surface area (Å²) in [7, 11) is -8.51. The van der Waals surface area contributed by atoms with E-state index in [1.165, 1.54) is 0 Å². The van der Waals surface area contributed by atoms with Crippen molar-refractivity contribution in [2.45, 2.75) is 120 Å². The molecule has 21 heteroatoms. The van der Waals surface area contributed by atoms with Gasteiger partial charge >= 0.3 is 44.7 Å². The van der Waals surface area contributed by atoms with Crippen molar-refractivity contribution in [3.63, 3.8) is 0 Å². The van der Waals surface area contributed by atoms with Crippen LogP contribution < -0.4 is 16.0 Å². The van der Waals surface area contributed by atoms with Gasteiger partial charge in [-0.3, -0.25) is 0 Å². The van der Waals surface area contributed by atoms with Gasteiger partial charge in [0.1, 0.15) is 19.8 Å². The third-order valence-electron chi connectivity index (χ3n) is 8.29. The van der Waals surface area contributed by atoms with E-state index in [9.17, 15) is 14.4 Å². The van der Waals surface area contributed by atoms with Crippen molar-refractivity contribution in [1.82, 2.24) is 16.0 Å². The fraction of sp³-hybridized carbons (Fsp3) is 0.769. The van der Waals surface area contributed by atoms with Gasteiger partial charge in [-0.2, -0.15) is 0 Å². The van der Waals surface area contributed by atoms with Crippen LogP contribution in [0.25, 0.3) is 0 Å². The van der Waals surface area contributed by atoms with E-state index in [0.29, 0.717) is 133 Å². The minimum Gasteiger partial charge on any atom is -0.445 e. The molecule has 0 heterocycles. The van der Waals surface area contributed by atoms with Crippen LogP contribution in [0, 0.1) is 0 Å². The van der Waals surface area contributed by atoms with Crippen molar-refractivity contribution in [3.8, 4) is 0 Å². The maximum absolute atomic E-state index is 12.7. The van der Waals surface area contributed by atoms with E-state index >= 15 is 0 Å². The summed E-state index contributed by atoms with van der Waals surface area (Å²) in [5.74, 6) is 0. The van der Waals surface area contributed by atoms with Crippen LogP contribution in [0.1, 0.15) is 98.3 Å². The number of amides is 3. The minimum atomic E-state index is -2.84. The molecule has 0 bridgehead atoms. The highest BCUT2D eigenvalue weighted by atomic mass is 28.4. The normalized spacial score (nSPS) is 11.9. The number of carbonyl (C=O) groups excluding carboxylic acids is 3. The molecule has 1 aromatic rings. The molecule has 1 rings (SSSR count). The molecule has 0 aliphatic heterocycles. The molecule has 0 aliphatic rings. The summed E-state index contributed by atoms with van der Waals surface area (Å²) >= 11 is 0. The van der Waals surface area contributed by atoms with Crippen LogP contribution in [0.4, 0.5) is 14.4 Å². The highest BCUT2D eigenvalue weighted by Crippen LogP contribution is 2.21. The number of nitrogens with one attached hydrogen (secondary N) is 3. The van der Waals surface area contributed by atoms with E-state index < -0.39 is 44.7 Å². The Morgan fingerprint density at radius 3 is 0.767 bits per heavy atom. The van der Waals surface area contributed by atoms with Crippen molar-refractivity contribution < 1.29 is 68.4 Å². The third kappa shape index (κ3) is 23.0. The number of benzene rings is 1. The molecular formula is C39H75N3O15Si3. The maximum Gasteiger partial charge on any atom is 0.500 e. The SMILES string of the molecule is CCO[Si](CCCNC(=O)OCc1cc(COC(=O)NCCC[Si](OCC)(OCC)OCC)cc(COC(=O)NCCC[Si](OCC)(OCC)OCC)c1)(OCC)OCC. The van der Waals surface area contributed by atoms with Gasteiger partial charge in [-0.15, -0.1) is 0 Å². The standard InChI is InChI=1S/C39H75N3O15Si3/c1-10-49-58(50-11-2,51-12-3)25-19-22-40-37(43)46-31-34-28-35(32-47-38(44)41-23-20-26-59(52-13-4,53-14-5)54-15-6)30-36(29-34)33-48-39(45)42-24-21-27-60(55-16-7,56-17-8)57-18-9/h28-30H,10-27,31-33H2,1-9H3,(H,40,43)(H,41,44)(H,42,45). The average Bonchev–Trinajstić information content (AvgIpc) is 3.21. The molecule has 348 valence electrons. The van der Waals surface area contributed by atoms with Gasteiger partial charge in [-0.25, -0.2) is 14.4 Å². The quantitative estimate of drug-likeness (QED) is 0.0366. The summed E-state index contributed by atoms with van der Waals surface area (Å²) in [5, 5.41) is 8.30. The second kappa shape index (κ2) is 33.0. The molecule has 3 N–H and O–H groups in total.